The molecule has 2 N–H and O–H groups in total. The second-order valence-electron chi connectivity index (χ2n) is 3.26. The third-order valence-corrected chi connectivity index (χ3v) is 2.18. The van der Waals surface area contributed by atoms with Crippen molar-refractivity contribution in [3.63, 3.8) is 0 Å². The van der Waals surface area contributed by atoms with Gasteiger partial charge in [-0.1, -0.05) is 0 Å². The predicted molar refractivity (Wildman–Crippen MR) is 46.5 cm³/mol. The minimum atomic E-state index is -0.895. The number of carbonyl (C=O) groups excluding carboxylic acids is 1. The molecule has 1 saturated heterocycles. The monoisotopic (exact) mass is 186 g/mol. The van der Waals surface area contributed by atoms with Crippen LogP contribution in [0.5, 0.6) is 0 Å². The van der Waals surface area contributed by atoms with E-state index in [1.165, 1.54) is 0 Å². The Morgan fingerprint density at radius 2 is 2.46 bits per heavy atom. The average Bonchev–Trinajstić information content (AvgIpc) is 2.03. The van der Waals surface area contributed by atoms with Crippen LogP contribution < -0.4 is 5.32 Å². The van der Waals surface area contributed by atoms with Crippen molar-refractivity contribution in [1.82, 2.24) is 10.2 Å². The maximum absolute atomic E-state index is 11.3. The van der Waals surface area contributed by atoms with E-state index in [1.54, 1.807) is 11.9 Å². The minimum Gasteiger partial charge on any atom is -0.480 e. The maximum atomic E-state index is 11.3. The van der Waals surface area contributed by atoms with Crippen LogP contribution in [0, 0.1) is 0 Å². The molecule has 5 nitrogen and oxygen atoms in total. The van der Waals surface area contributed by atoms with E-state index >= 15 is 0 Å². The van der Waals surface area contributed by atoms with Crippen molar-refractivity contribution in [2.75, 3.05) is 26.7 Å². The van der Waals surface area contributed by atoms with Gasteiger partial charge in [0.2, 0.25) is 0 Å². The number of hydrogen-bond donors (Lipinski definition) is 2. The number of carboxylic acid groups (broad SMARTS) is 1. The molecule has 1 atom stereocenters. The number of carbonyl (C=O) groups is 2. The van der Waals surface area contributed by atoms with Crippen LogP contribution in [0.3, 0.4) is 0 Å². The van der Waals surface area contributed by atoms with Crippen molar-refractivity contribution in [3.8, 4) is 0 Å². The highest BCUT2D eigenvalue weighted by Gasteiger charge is 2.26. The largest absolute Gasteiger partial charge is 0.480 e. The van der Waals surface area contributed by atoms with Crippen molar-refractivity contribution >= 4 is 11.8 Å². The Hall–Kier alpha value is -0.940. The van der Waals surface area contributed by atoms with Crippen LogP contribution in [0.4, 0.5) is 0 Å². The first-order chi connectivity index (χ1) is 6.11. The fraction of sp³-hybridized carbons (Fsp3) is 0.750. The van der Waals surface area contributed by atoms with Gasteiger partial charge < -0.3 is 10.4 Å². The topological polar surface area (TPSA) is 69.6 Å². The maximum Gasteiger partial charge on any atom is 0.317 e. The van der Waals surface area contributed by atoms with E-state index in [0.29, 0.717) is 13.0 Å². The molecule has 1 rings (SSSR count). The molecule has 0 aromatic heterocycles. The molecule has 1 aliphatic rings. The summed E-state index contributed by atoms with van der Waals surface area (Å²) in [6.45, 7) is 1.06. The molecule has 1 fully saturated rings. The minimum absolute atomic E-state index is 0.0730. The molecular formula is C8H14N2O3. The van der Waals surface area contributed by atoms with E-state index in [1.807, 2.05) is 0 Å². The number of piperidine rings is 1. The number of carboxylic acids is 1. The highest BCUT2D eigenvalue weighted by Crippen LogP contribution is 2.05. The first-order valence-electron chi connectivity index (χ1n) is 4.26. The van der Waals surface area contributed by atoms with Crippen LogP contribution in [-0.4, -0.2) is 54.5 Å². The molecule has 5 heteroatoms. The number of nitrogens with zero attached hydrogens (tertiary/aromatic N) is 1. The van der Waals surface area contributed by atoms with Crippen molar-refractivity contribution in [2.24, 2.45) is 0 Å². The number of likely N-dealkylation sites (N-methyl/N-ethyl adjacent to an activating group) is 1. The summed E-state index contributed by atoms with van der Waals surface area (Å²) >= 11 is 0. The predicted octanol–water partition coefficient (Wildman–Crippen LogP) is -1.07. The van der Waals surface area contributed by atoms with Crippen LogP contribution in [-0.2, 0) is 9.59 Å². The first kappa shape index (κ1) is 10.1. The summed E-state index contributed by atoms with van der Waals surface area (Å²) in [5.41, 5.74) is 0. The van der Waals surface area contributed by atoms with Crippen molar-refractivity contribution < 1.29 is 14.7 Å². The van der Waals surface area contributed by atoms with Gasteiger partial charge in [-0.25, -0.2) is 0 Å². The standard InChI is InChI=1S/C8H14N2O3/c1-10(5-8(12)13)6-2-3-9-4-7(6)11/h6,9H,2-5H2,1H3,(H,12,13). The van der Waals surface area contributed by atoms with E-state index < -0.39 is 5.97 Å². The molecule has 0 bridgehead atoms. The lowest BCUT2D eigenvalue weighted by Gasteiger charge is -2.28. The SMILES string of the molecule is CN(CC(=O)O)C1CCNCC1=O. The molecule has 0 saturated carbocycles. The summed E-state index contributed by atoms with van der Waals surface area (Å²) in [5.74, 6) is -0.816. The van der Waals surface area contributed by atoms with Gasteiger partial charge in [0, 0.05) is 0 Å². The highest BCUT2D eigenvalue weighted by atomic mass is 16.4. The van der Waals surface area contributed by atoms with Gasteiger partial charge in [0.05, 0.1) is 19.1 Å². The zero-order valence-electron chi connectivity index (χ0n) is 7.62. The molecule has 1 unspecified atom stereocenters. The van der Waals surface area contributed by atoms with Gasteiger partial charge in [-0.05, 0) is 20.0 Å². The second-order valence-corrected chi connectivity index (χ2v) is 3.26. The van der Waals surface area contributed by atoms with Gasteiger partial charge in [0.25, 0.3) is 0 Å². The number of Topliss-reactive ketones (excluding diaryl/α,β-unsaturated/α-hetero) is 1. The number of ketones is 1. The molecule has 0 radical (unpaired) electrons. The lowest BCUT2D eigenvalue weighted by Crippen LogP contribution is -2.50. The summed E-state index contributed by atoms with van der Waals surface area (Å²) in [6.07, 6.45) is 0.697. The summed E-state index contributed by atoms with van der Waals surface area (Å²) in [5, 5.41) is 11.5. The Labute approximate surface area is 76.7 Å². The molecule has 0 aromatic rings. The molecule has 1 aliphatic heterocycles. The van der Waals surface area contributed by atoms with E-state index in [-0.39, 0.29) is 18.4 Å². The quantitative estimate of drug-likeness (QED) is 0.587. The van der Waals surface area contributed by atoms with Crippen LogP contribution in [0.25, 0.3) is 0 Å². The molecule has 0 amide bonds. The molecule has 1 heterocycles. The second kappa shape index (κ2) is 4.34. The van der Waals surface area contributed by atoms with Crippen molar-refractivity contribution in [3.05, 3.63) is 0 Å². The van der Waals surface area contributed by atoms with Crippen molar-refractivity contribution in [2.45, 2.75) is 12.5 Å². The Bertz CT molecular complexity index is 217. The van der Waals surface area contributed by atoms with Gasteiger partial charge in [0.1, 0.15) is 0 Å². The Morgan fingerprint density at radius 3 is 3.00 bits per heavy atom. The van der Waals surface area contributed by atoms with Crippen molar-refractivity contribution in [1.29, 1.82) is 0 Å². The summed E-state index contributed by atoms with van der Waals surface area (Å²) in [7, 11) is 1.67. The summed E-state index contributed by atoms with van der Waals surface area (Å²) < 4.78 is 0. The highest BCUT2D eigenvalue weighted by molar-refractivity contribution is 5.87. The van der Waals surface area contributed by atoms with Gasteiger partial charge in [-0.3, -0.25) is 14.5 Å². The molecular weight excluding hydrogens is 172 g/mol. The molecule has 13 heavy (non-hydrogen) atoms. The number of nitrogens with one attached hydrogen (secondary N) is 1. The fourth-order valence-electron chi connectivity index (χ4n) is 1.52. The fourth-order valence-corrected chi connectivity index (χ4v) is 1.52. The molecule has 74 valence electrons. The van der Waals surface area contributed by atoms with Gasteiger partial charge >= 0.3 is 5.97 Å². The third kappa shape index (κ3) is 2.78. The lowest BCUT2D eigenvalue weighted by atomic mass is 10.0. The van der Waals surface area contributed by atoms with E-state index in [0.717, 1.165) is 6.54 Å². The van der Waals surface area contributed by atoms with Gasteiger partial charge in [-0.2, -0.15) is 0 Å². The number of aliphatic carboxylic acids is 1. The molecule has 0 spiro atoms. The smallest absolute Gasteiger partial charge is 0.317 e. The summed E-state index contributed by atoms with van der Waals surface area (Å²) in [4.78, 5) is 23.3. The average molecular weight is 186 g/mol. The zero-order valence-corrected chi connectivity index (χ0v) is 7.62. The Balaban J connectivity index is 2.48. The van der Waals surface area contributed by atoms with E-state index in [2.05, 4.69) is 5.32 Å². The lowest BCUT2D eigenvalue weighted by molar-refractivity contribution is -0.139. The van der Waals surface area contributed by atoms with Crippen LogP contribution in [0.2, 0.25) is 0 Å². The number of hydrogen-bond acceptors (Lipinski definition) is 4. The van der Waals surface area contributed by atoms with Gasteiger partial charge in [-0.15, -0.1) is 0 Å². The normalized spacial score (nSPS) is 23.5. The first-order valence-corrected chi connectivity index (χ1v) is 4.26. The Kier molecular flexibility index (Phi) is 3.39. The number of rotatable bonds is 3. The molecule has 0 aromatic carbocycles. The third-order valence-electron chi connectivity index (χ3n) is 2.18. The molecule has 0 aliphatic carbocycles. The van der Waals surface area contributed by atoms with Crippen LogP contribution in [0.15, 0.2) is 0 Å². The summed E-state index contributed by atoms with van der Waals surface area (Å²) in [6, 6.07) is -0.225. The van der Waals surface area contributed by atoms with Crippen LogP contribution >= 0.6 is 0 Å². The Morgan fingerprint density at radius 1 is 1.77 bits per heavy atom. The van der Waals surface area contributed by atoms with Gasteiger partial charge in [0.15, 0.2) is 5.78 Å². The van der Waals surface area contributed by atoms with E-state index in [9.17, 15) is 9.59 Å². The van der Waals surface area contributed by atoms with Crippen LogP contribution in [0.1, 0.15) is 6.42 Å². The van der Waals surface area contributed by atoms with E-state index in [4.69, 9.17) is 5.11 Å². The zero-order chi connectivity index (χ0) is 9.84.